The van der Waals surface area contributed by atoms with Crippen LogP contribution in [0.4, 0.5) is 17.6 Å². The average molecular weight is 373 g/mol. The molecule has 0 heterocycles. The number of hydrogen-bond donors (Lipinski definition) is 0. The van der Waals surface area contributed by atoms with Gasteiger partial charge >= 0.3 is 12.3 Å². The zero-order chi connectivity index (χ0) is 19.9. The molecule has 0 saturated heterocycles. The minimum atomic E-state index is -5.03. The fourth-order valence-electron chi connectivity index (χ4n) is 2.16. The number of quaternary nitrogens is 1. The van der Waals surface area contributed by atoms with Crippen molar-refractivity contribution in [1.82, 2.24) is 0 Å². The van der Waals surface area contributed by atoms with Crippen molar-refractivity contribution in [2.75, 3.05) is 27.7 Å². The van der Waals surface area contributed by atoms with E-state index in [0.717, 1.165) is 4.48 Å². The Morgan fingerprint density at radius 1 is 0.880 bits per heavy atom. The van der Waals surface area contributed by atoms with Gasteiger partial charge in [-0.15, -0.1) is 0 Å². The zero-order valence-corrected chi connectivity index (χ0v) is 16.1. The highest BCUT2D eigenvalue weighted by molar-refractivity contribution is 5.73. The first kappa shape index (κ1) is 26.4. The Bertz CT molecular complexity index is 332. The highest BCUT2D eigenvalue weighted by Crippen LogP contribution is 2.21. The average Bonchev–Trinajstić information content (AvgIpc) is 2.48. The van der Waals surface area contributed by atoms with Crippen LogP contribution in [0.15, 0.2) is 0 Å². The Morgan fingerprint density at radius 2 is 1.24 bits per heavy atom. The maximum Gasteiger partial charge on any atom is 0.346 e. The number of alkyl halides is 4. The molecule has 0 aliphatic carbocycles. The van der Waals surface area contributed by atoms with E-state index in [9.17, 15) is 17.6 Å². The number of aliphatic carboxylic acids is 1. The van der Waals surface area contributed by atoms with Crippen LogP contribution in [0.2, 0.25) is 0 Å². The van der Waals surface area contributed by atoms with Crippen molar-refractivity contribution in [3.63, 3.8) is 0 Å². The summed E-state index contributed by atoms with van der Waals surface area (Å²) < 4.78 is 45.4. The van der Waals surface area contributed by atoms with Gasteiger partial charge in [0, 0.05) is 0 Å². The molecule has 0 rings (SSSR count). The molecule has 25 heavy (non-hydrogen) atoms. The smallest absolute Gasteiger partial charge is 0.346 e. The van der Waals surface area contributed by atoms with E-state index >= 15 is 0 Å². The quantitative estimate of drug-likeness (QED) is 0.275. The third-order valence-corrected chi connectivity index (χ3v) is 3.73. The molecule has 0 amide bonds. The van der Waals surface area contributed by atoms with Crippen LogP contribution in [0, 0.1) is 0 Å². The molecular weight excluding hydrogens is 338 g/mol. The van der Waals surface area contributed by atoms with Crippen molar-refractivity contribution in [2.45, 2.75) is 83.5 Å². The molecule has 0 aromatic carbocycles. The fourth-order valence-corrected chi connectivity index (χ4v) is 2.16. The Morgan fingerprint density at radius 3 is 1.48 bits per heavy atom. The lowest BCUT2D eigenvalue weighted by atomic mass is 10.1. The minimum Gasteiger partial charge on any atom is -0.544 e. The lowest BCUT2D eigenvalue weighted by Crippen LogP contribution is -2.46. The molecule has 0 bridgehead atoms. The van der Waals surface area contributed by atoms with Crippen LogP contribution < -0.4 is 5.11 Å². The number of halogens is 4. The number of unbranched alkanes of at least 4 members (excludes halogenated alkanes) is 9. The van der Waals surface area contributed by atoms with E-state index in [1.54, 1.807) is 0 Å². The van der Waals surface area contributed by atoms with E-state index in [4.69, 9.17) is 9.90 Å². The molecule has 3 nitrogen and oxygen atoms in total. The van der Waals surface area contributed by atoms with Gasteiger partial charge in [-0.2, -0.15) is 8.78 Å². The third-order valence-electron chi connectivity index (χ3n) is 3.73. The highest BCUT2D eigenvalue weighted by Gasteiger charge is 2.42. The standard InChI is InChI=1S/C15H34N.C3H2F4O2/c1-5-6-7-8-9-10-11-12-13-14-15-16(2,3)4;4-1(5)3(6,7)2(8)9/h5-15H2,1-4H3;1H,(H,8,9)/q+1;/p-1. The summed E-state index contributed by atoms with van der Waals surface area (Å²) >= 11 is 0. The summed E-state index contributed by atoms with van der Waals surface area (Å²) in [4.78, 5) is 9.12. The topological polar surface area (TPSA) is 40.1 Å². The van der Waals surface area contributed by atoms with Gasteiger partial charge in [0.05, 0.1) is 27.7 Å². The molecule has 0 fully saturated rings. The molecule has 0 aromatic rings. The van der Waals surface area contributed by atoms with Gasteiger partial charge in [-0.05, 0) is 12.8 Å². The summed E-state index contributed by atoms with van der Waals surface area (Å²) in [5.41, 5.74) is 0. The lowest BCUT2D eigenvalue weighted by molar-refractivity contribution is -0.870. The number of carbonyl (C=O) groups is 1. The van der Waals surface area contributed by atoms with Gasteiger partial charge in [0.15, 0.2) is 0 Å². The number of carboxylic acid groups (broad SMARTS) is 1. The van der Waals surface area contributed by atoms with Crippen LogP contribution in [-0.4, -0.2) is 50.5 Å². The maximum atomic E-state index is 11.3. The van der Waals surface area contributed by atoms with Crippen molar-refractivity contribution in [3.05, 3.63) is 0 Å². The van der Waals surface area contributed by atoms with E-state index in [1.165, 1.54) is 70.8 Å². The van der Waals surface area contributed by atoms with Gasteiger partial charge < -0.3 is 14.4 Å². The second-order valence-electron chi connectivity index (χ2n) is 7.41. The number of hydrogen-bond acceptors (Lipinski definition) is 2. The SMILES string of the molecule is CCCCCCCCCCCC[N+](C)(C)C.O=C([O-])C(F)(F)C(F)F. The summed E-state index contributed by atoms with van der Waals surface area (Å²) in [6.45, 7) is 3.62. The Kier molecular flexibility index (Phi) is 15.1. The van der Waals surface area contributed by atoms with Crippen LogP contribution in [-0.2, 0) is 4.79 Å². The van der Waals surface area contributed by atoms with E-state index in [0.29, 0.717) is 0 Å². The van der Waals surface area contributed by atoms with Gasteiger partial charge in [0.2, 0.25) is 0 Å². The molecule has 0 radical (unpaired) electrons. The van der Waals surface area contributed by atoms with E-state index in [1.807, 2.05) is 0 Å². The molecule has 0 spiro atoms. The third kappa shape index (κ3) is 17.8. The lowest BCUT2D eigenvalue weighted by Gasteiger charge is -2.23. The summed E-state index contributed by atoms with van der Waals surface area (Å²) in [5.74, 6) is -8.09. The molecule has 0 aliphatic heterocycles. The molecule has 0 unspecified atom stereocenters. The number of carboxylic acids is 1. The summed E-state index contributed by atoms with van der Waals surface area (Å²) in [6.07, 6.45) is 10.2. The predicted octanol–water partition coefficient (Wildman–Crippen LogP) is 4.25. The molecule has 7 heteroatoms. The Balaban J connectivity index is 0. The number of carbonyl (C=O) groups excluding carboxylic acids is 1. The van der Waals surface area contributed by atoms with Crippen molar-refractivity contribution < 1.29 is 31.9 Å². The second-order valence-corrected chi connectivity index (χ2v) is 7.41. The van der Waals surface area contributed by atoms with Gasteiger partial charge in [0.1, 0.15) is 5.97 Å². The first-order valence-corrected chi connectivity index (χ1v) is 9.13. The first-order valence-electron chi connectivity index (χ1n) is 9.13. The summed E-state index contributed by atoms with van der Waals surface area (Å²) in [6, 6.07) is 0. The molecule has 0 aromatic heterocycles. The summed E-state index contributed by atoms with van der Waals surface area (Å²) in [7, 11) is 6.86. The first-order chi connectivity index (χ1) is 11.4. The zero-order valence-electron chi connectivity index (χ0n) is 16.1. The molecule has 0 N–H and O–H groups in total. The highest BCUT2D eigenvalue weighted by atomic mass is 19.3. The summed E-state index contributed by atoms with van der Waals surface area (Å²) in [5, 5.41) is 9.12. The normalized spacial score (nSPS) is 12.0. The van der Waals surface area contributed by atoms with Gasteiger partial charge in [-0.25, -0.2) is 8.78 Å². The van der Waals surface area contributed by atoms with Crippen molar-refractivity contribution in [2.24, 2.45) is 0 Å². The minimum absolute atomic E-state index is 1.12. The van der Waals surface area contributed by atoms with Crippen LogP contribution >= 0.6 is 0 Å². The molecule has 152 valence electrons. The van der Waals surface area contributed by atoms with Crippen molar-refractivity contribution in [1.29, 1.82) is 0 Å². The molecular formula is C18H35F4NO2. The van der Waals surface area contributed by atoms with Crippen LogP contribution in [0.3, 0.4) is 0 Å². The monoisotopic (exact) mass is 373 g/mol. The van der Waals surface area contributed by atoms with Gasteiger partial charge in [0.25, 0.3) is 0 Å². The molecule has 0 aliphatic rings. The number of rotatable bonds is 13. The van der Waals surface area contributed by atoms with Gasteiger partial charge in [-0.1, -0.05) is 58.3 Å². The van der Waals surface area contributed by atoms with Crippen LogP contribution in [0.5, 0.6) is 0 Å². The predicted molar refractivity (Wildman–Crippen MR) is 90.7 cm³/mol. The van der Waals surface area contributed by atoms with Crippen molar-refractivity contribution >= 4 is 5.97 Å². The second kappa shape index (κ2) is 14.3. The Labute approximate surface area is 150 Å². The van der Waals surface area contributed by atoms with E-state index in [-0.39, 0.29) is 0 Å². The van der Waals surface area contributed by atoms with E-state index < -0.39 is 18.3 Å². The number of nitrogens with zero attached hydrogens (tertiary/aromatic N) is 1. The largest absolute Gasteiger partial charge is 0.544 e. The van der Waals surface area contributed by atoms with E-state index in [2.05, 4.69) is 28.1 Å². The van der Waals surface area contributed by atoms with Crippen molar-refractivity contribution in [3.8, 4) is 0 Å². The fraction of sp³-hybridized carbons (Fsp3) is 0.944. The van der Waals surface area contributed by atoms with Crippen LogP contribution in [0.25, 0.3) is 0 Å². The maximum absolute atomic E-state index is 11.3. The molecule has 0 saturated carbocycles. The van der Waals surface area contributed by atoms with Crippen LogP contribution in [0.1, 0.15) is 71.1 Å². The Hall–Kier alpha value is -0.850. The molecule has 0 atom stereocenters. The van der Waals surface area contributed by atoms with Gasteiger partial charge in [-0.3, -0.25) is 0 Å².